The summed E-state index contributed by atoms with van der Waals surface area (Å²) < 4.78 is 0. The van der Waals surface area contributed by atoms with Gasteiger partial charge in [0.25, 0.3) is 0 Å². The summed E-state index contributed by atoms with van der Waals surface area (Å²) >= 11 is 1.20. The molecule has 1 aromatic heterocycles. The second-order valence-electron chi connectivity index (χ2n) is 5.29. The molecule has 0 spiro atoms. The Balaban J connectivity index is 2.13. The average molecular weight is 272 g/mol. The first-order valence-electron chi connectivity index (χ1n) is 5.91. The van der Waals surface area contributed by atoms with Crippen LogP contribution in [0.2, 0.25) is 0 Å². The van der Waals surface area contributed by atoms with Gasteiger partial charge in [0.1, 0.15) is 0 Å². The number of amides is 1. The van der Waals surface area contributed by atoms with E-state index in [1.54, 1.807) is 0 Å². The quantitative estimate of drug-likeness (QED) is 0.535. The van der Waals surface area contributed by atoms with E-state index in [1.165, 1.54) is 11.8 Å². The van der Waals surface area contributed by atoms with Crippen molar-refractivity contribution in [2.45, 2.75) is 38.8 Å². The highest BCUT2D eigenvalue weighted by Crippen LogP contribution is 2.19. The molecule has 102 valence electrons. The maximum atomic E-state index is 11.5. The van der Waals surface area contributed by atoms with Crippen LogP contribution in [0.5, 0.6) is 0 Å². The summed E-state index contributed by atoms with van der Waals surface area (Å²) in [4.78, 5) is 24.7. The summed E-state index contributed by atoms with van der Waals surface area (Å²) in [5.74, 6) is 0.216. The zero-order valence-corrected chi connectivity index (χ0v) is 11.8. The Bertz CT molecular complexity index is 433. The number of aromatic nitrogens is 3. The first kappa shape index (κ1) is 14.8. The van der Waals surface area contributed by atoms with Crippen molar-refractivity contribution in [1.29, 1.82) is 0 Å². The predicted octanol–water partition coefficient (Wildman–Crippen LogP) is 1.13. The standard InChI is InChI=1S/C11H20N4O2S/c1-11(2,3)5-4-6-12-8(16)7-18-10-13-9(17)14-15-10/h4-7H2,1-3H3,(H,12,16)(H2,13,14,15,17). The molecule has 7 heteroatoms. The Morgan fingerprint density at radius 3 is 2.72 bits per heavy atom. The van der Waals surface area contributed by atoms with Crippen LogP contribution in [-0.4, -0.2) is 33.4 Å². The number of thioether (sulfide) groups is 1. The second kappa shape index (κ2) is 6.63. The third-order valence-electron chi connectivity index (χ3n) is 2.25. The number of aromatic amines is 2. The van der Waals surface area contributed by atoms with Gasteiger partial charge in [-0.2, -0.15) is 0 Å². The maximum Gasteiger partial charge on any atom is 0.341 e. The van der Waals surface area contributed by atoms with E-state index in [0.29, 0.717) is 17.1 Å². The highest BCUT2D eigenvalue weighted by molar-refractivity contribution is 7.99. The molecule has 1 heterocycles. The fourth-order valence-electron chi connectivity index (χ4n) is 1.35. The Morgan fingerprint density at radius 1 is 1.44 bits per heavy atom. The van der Waals surface area contributed by atoms with E-state index in [-0.39, 0.29) is 17.3 Å². The number of hydrogen-bond acceptors (Lipinski definition) is 4. The molecule has 1 rings (SSSR count). The smallest absolute Gasteiger partial charge is 0.341 e. The van der Waals surface area contributed by atoms with E-state index in [0.717, 1.165) is 12.8 Å². The minimum absolute atomic E-state index is 0.0437. The Kier molecular flexibility index (Phi) is 5.46. The molecule has 0 saturated carbocycles. The molecule has 0 fully saturated rings. The minimum Gasteiger partial charge on any atom is -0.355 e. The van der Waals surface area contributed by atoms with Crippen LogP contribution in [0.15, 0.2) is 9.95 Å². The van der Waals surface area contributed by atoms with Gasteiger partial charge in [-0.05, 0) is 18.3 Å². The van der Waals surface area contributed by atoms with Crippen molar-refractivity contribution in [3.05, 3.63) is 10.5 Å². The van der Waals surface area contributed by atoms with Crippen LogP contribution < -0.4 is 11.0 Å². The zero-order chi connectivity index (χ0) is 13.6. The van der Waals surface area contributed by atoms with Crippen molar-refractivity contribution in [1.82, 2.24) is 20.5 Å². The predicted molar refractivity (Wildman–Crippen MR) is 71.6 cm³/mol. The lowest BCUT2D eigenvalue weighted by Crippen LogP contribution is -2.26. The fraction of sp³-hybridized carbons (Fsp3) is 0.727. The third kappa shape index (κ3) is 6.48. The summed E-state index contributed by atoms with van der Waals surface area (Å²) in [5, 5.41) is 9.23. The molecule has 0 aliphatic carbocycles. The normalized spacial score (nSPS) is 11.5. The van der Waals surface area contributed by atoms with E-state index in [1.807, 2.05) is 0 Å². The van der Waals surface area contributed by atoms with Gasteiger partial charge in [0, 0.05) is 6.54 Å². The molecule has 0 radical (unpaired) electrons. The van der Waals surface area contributed by atoms with Gasteiger partial charge in [-0.25, -0.2) is 9.89 Å². The molecule has 1 aromatic rings. The minimum atomic E-state index is -0.358. The summed E-state index contributed by atoms with van der Waals surface area (Å²) in [7, 11) is 0. The van der Waals surface area contributed by atoms with Gasteiger partial charge in [0.05, 0.1) is 5.75 Å². The van der Waals surface area contributed by atoms with Crippen LogP contribution in [-0.2, 0) is 4.79 Å². The van der Waals surface area contributed by atoms with Crippen molar-refractivity contribution >= 4 is 17.7 Å². The van der Waals surface area contributed by atoms with Gasteiger partial charge in [0.2, 0.25) is 5.91 Å². The summed E-state index contributed by atoms with van der Waals surface area (Å²) in [6.45, 7) is 7.23. The fourth-order valence-corrected chi connectivity index (χ4v) is 2.00. The molecule has 0 bridgehead atoms. The van der Waals surface area contributed by atoms with Crippen LogP contribution in [0.1, 0.15) is 33.6 Å². The molecule has 0 aliphatic heterocycles. The largest absolute Gasteiger partial charge is 0.355 e. The van der Waals surface area contributed by atoms with Gasteiger partial charge in [0.15, 0.2) is 5.16 Å². The van der Waals surface area contributed by atoms with Gasteiger partial charge >= 0.3 is 5.69 Å². The third-order valence-corrected chi connectivity index (χ3v) is 3.12. The molecule has 1 amide bonds. The first-order chi connectivity index (χ1) is 8.37. The number of nitrogens with zero attached hydrogens (tertiary/aromatic N) is 1. The van der Waals surface area contributed by atoms with Crippen molar-refractivity contribution in [3.63, 3.8) is 0 Å². The number of carbonyl (C=O) groups excluding carboxylic acids is 1. The lowest BCUT2D eigenvalue weighted by molar-refractivity contribution is -0.118. The molecule has 0 unspecified atom stereocenters. The van der Waals surface area contributed by atoms with Gasteiger partial charge < -0.3 is 5.32 Å². The van der Waals surface area contributed by atoms with E-state index in [9.17, 15) is 9.59 Å². The lowest BCUT2D eigenvalue weighted by Gasteiger charge is -2.17. The first-order valence-corrected chi connectivity index (χ1v) is 6.89. The zero-order valence-electron chi connectivity index (χ0n) is 11.0. The van der Waals surface area contributed by atoms with Crippen molar-refractivity contribution in [3.8, 4) is 0 Å². The van der Waals surface area contributed by atoms with Crippen LogP contribution in [0.25, 0.3) is 0 Å². The summed E-state index contributed by atoms with van der Waals surface area (Å²) in [6, 6.07) is 0. The number of nitrogens with one attached hydrogen (secondary N) is 3. The number of carbonyl (C=O) groups is 1. The van der Waals surface area contributed by atoms with Crippen molar-refractivity contribution in [2.24, 2.45) is 5.41 Å². The van der Waals surface area contributed by atoms with E-state index >= 15 is 0 Å². The molecule has 0 atom stereocenters. The van der Waals surface area contributed by atoms with E-state index < -0.39 is 0 Å². The summed E-state index contributed by atoms with van der Waals surface area (Å²) in [5.41, 5.74) is -0.0586. The Hall–Kier alpha value is -1.24. The molecule has 6 nitrogen and oxygen atoms in total. The summed E-state index contributed by atoms with van der Waals surface area (Å²) in [6.07, 6.45) is 2.05. The molecule has 0 saturated heterocycles. The van der Waals surface area contributed by atoms with Crippen LogP contribution >= 0.6 is 11.8 Å². The molecular weight excluding hydrogens is 252 g/mol. The van der Waals surface area contributed by atoms with Crippen LogP contribution in [0, 0.1) is 5.41 Å². The highest BCUT2D eigenvalue weighted by atomic mass is 32.2. The van der Waals surface area contributed by atoms with Gasteiger partial charge in [-0.1, -0.05) is 32.5 Å². The molecule has 0 aromatic carbocycles. The van der Waals surface area contributed by atoms with Crippen molar-refractivity contribution < 1.29 is 4.79 Å². The number of hydrogen-bond donors (Lipinski definition) is 3. The Labute approximate surface area is 110 Å². The van der Waals surface area contributed by atoms with E-state index in [4.69, 9.17) is 0 Å². The van der Waals surface area contributed by atoms with Crippen LogP contribution in [0.4, 0.5) is 0 Å². The van der Waals surface area contributed by atoms with Gasteiger partial charge in [-0.3, -0.25) is 9.78 Å². The molecular formula is C11H20N4O2S. The molecule has 3 N–H and O–H groups in total. The highest BCUT2D eigenvalue weighted by Gasteiger charge is 2.10. The lowest BCUT2D eigenvalue weighted by atomic mass is 9.91. The van der Waals surface area contributed by atoms with Crippen molar-refractivity contribution in [2.75, 3.05) is 12.3 Å². The second-order valence-corrected chi connectivity index (χ2v) is 6.25. The topological polar surface area (TPSA) is 90.6 Å². The maximum absolute atomic E-state index is 11.5. The number of rotatable bonds is 6. The molecule has 0 aliphatic rings. The molecule has 18 heavy (non-hydrogen) atoms. The SMILES string of the molecule is CC(C)(C)CCCNC(=O)CSc1n[nH]c(=O)[nH]1. The monoisotopic (exact) mass is 272 g/mol. The van der Waals surface area contributed by atoms with Crippen LogP contribution in [0.3, 0.4) is 0 Å². The van der Waals surface area contributed by atoms with E-state index in [2.05, 4.69) is 41.3 Å². The average Bonchev–Trinajstić information content (AvgIpc) is 2.66. The number of H-pyrrole nitrogens is 2. The Morgan fingerprint density at radius 2 is 2.17 bits per heavy atom. The van der Waals surface area contributed by atoms with Gasteiger partial charge in [-0.15, -0.1) is 5.10 Å².